The van der Waals surface area contributed by atoms with Crippen LogP contribution in [0.5, 0.6) is 0 Å². The monoisotopic (exact) mass is 284 g/mol. The number of rotatable bonds is 7. The summed E-state index contributed by atoms with van der Waals surface area (Å²) in [5.74, 6) is -0.823. The van der Waals surface area contributed by atoms with Gasteiger partial charge in [-0.3, -0.25) is 4.79 Å². The Morgan fingerprint density at radius 3 is 2.30 bits per heavy atom. The van der Waals surface area contributed by atoms with E-state index in [-0.39, 0.29) is 11.9 Å². The summed E-state index contributed by atoms with van der Waals surface area (Å²) >= 11 is 0. The van der Waals surface area contributed by atoms with E-state index in [1.165, 1.54) is 12.1 Å². The van der Waals surface area contributed by atoms with Crippen LogP contribution in [0.3, 0.4) is 0 Å². The molecule has 1 unspecified atom stereocenters. The lowest BCUT2D eigenvalue weighted by Crippen LogP contribution is -2.43. The summed E-state index contributed by atoms with van der Waals surface area (Å²) in [5, 5.41) is 5.86. The molecule has 3 nitrogen and oxygen atoms in total. The van der Waals surface area contributed by atoms with Crippen LogP contribution in [0.15, 0.2) is 18.2 Å². The molecule has 5 heteroatoms. The Bertz CT molecular complexity index is 429. The van der Waals surface area contributed by atoms with Gasteiger partial charge in [-0.25, -0.2) is 8.78 Å². The lowest BCUT2D eigenvalue weighted by Gasteiger charge is -2.15. The van der Waals surface area contributed by atoms with E-state index in [0.29, 0.717) is 31.0 Å². The van der Waals surface area contributed by atoms with Gasteiger partial charge in [0.25, 0.3) is 0 Å². The minimum atomic E-state index is -0.581. The van der Waals surface area contributed by atoms with Gasteiger partial charge in [0.05, 0.1) is 6.04 Å². The molecule has 112 valence electrons. The maximum atomic E-state index is 13.0. The Balaban J connectivity index is 2.34. The summed E-state index contributed by atoms with van der Waals surface area (Å²) in [6.07, 6.45) is 0.469. The molecule has 0 saturated heterocycles. The molecule has 0 fully saturated rings. The van der Waals surface area contributed by atoms with Gasteiger partial charge in [-0.2, -0.15) is 0 Å². The molecule has 1 aromatic carbocycles. The molecule has 0 aromatic heterocycles. The molecule has 1 amide bonds. The maximum absolute atomic E-state index is 13.0. The fourth-order valence-corrected chi connectivity index (χ4v) is 1.74. The summed E-state index contributed by atoms with van der Waals surface area (Å²) in [4.78, 5) is 11.7. The van der Waals surface area contributed by atoms with Crippen LogP contribution >= 0.6 is 0 Å². The van der Waals surface area contributed by atoms with Gasteiger partial charge < -0.3 is 10.6 Å². The fourth-order valence-electron chi connectivity index (χ4n) is 1.74. The largest absolute Gasteiger partial charge is 0.354 e. The second-order valence-corrected chi connectivity index (χ2v) is 5.34. The molecule has 0 spiro atoms. The third-order valence-corrected chi connectivity index (χ3v) is 2.86. The lowest BCUT2D eigenvalue weighted by atomic mass is 10.1. The van der Waals surface area contributed by atoms with E-state index in [9.17, 15) is 13.6 Å². The summed E-state index contributed by atoms with van der Waals surface area (Å²) in [5.41, 5.74) is 0.574. The highest BCUT2D eigenvalue weighted by Gasteiger charge is 2.11. The summed E-state index contributed by atoms with van der Waals surface area (Å²) in [7, 11) is 0. The highest BCUT2D eigenvalue weighted by molar-refractivity contribution is 5.81. The second-order valence-electron chi connectivity index (χ2n) is 5.34. The predicted octanol–water partition coefficient (Wildman–Crippen LogP) is 2.26. The summed E-state index contributed by atoms with van der Waals surface area (Å²) in [6, 6.07) is 3.12. The topological polar surface area (TPSA) is 41.1 Å². The van der Waals surface area contributed by atoms with Gasteiger partial charge >= 0.3 is 0 Å². The van der Waals surface area contributed by atoms with Gasteiger partial charge in [-0.1, -0.05) is 13.8 Å². The van der Waals surface area contributed by atoms with E-state index in [0.717, 1.165) is 6.07 Å². The van der Waals surface area contributed by atoms with Crippen LogP contribution in [0.1, 0.15) is 26.3 Å². The zero-order valence-corrected chi connectivity index (χ0v) is 12.2. The summed E-state index contributed by atoms with van der Waals surface area (Å²) < 4.78 is 26.0. The minimum absolute atomic E-state index is 0.0656. The highest BCUT2D eigenvalue weighted by atomic mass is 19.1. The van der Waals surface area contributed by atoms with Crippen molar-refractivity contribution in [2.75, 3.05) is 13.1 Å². The average molecular weight is 284 g/mol. The molecular formula is C15H22F2N2O. The van der Waals surface area contributed by atoms with Crippen LogP contribution in [0.4, 0.5) is 8.78 Å². The van der Waals surface area contributed by atoms with Gasteiger partial charge in [0.1, 0.15) is 11.6 Å². The van der Waals surface area contributed by atoms with Crippen LogP contribution in [0, 0.1) is 17.6 Å². The molecule has 0 radical (unpaired) electrons. The number of nitrogens with one attached hydrogen (secondary N) is 2. The van der Waals surface area contributed by atoms with Crippen molar-refractivity contribution in [3.8, 4) is 0 Å². The van der Waals surface area contributed by atoms with E-state index >= 15 is 0 Å². The van der Waals surface area contributed by atoms with E-state index in [1.54, 1.807) is 6.92 Å². The molecule has 1 aromatic rings. The van der Waals surface area contributed by atoms with Crippen molar-refractivity contribution in [1.29, 1.82) is 0 Å². The van der Waals surface area contributed by atoms with Gasteiger partial charge in [0.15, 0.2) is 0 Å². The lowest BCUT2D eigenvalue weighted by molar-refractivity contribution is -0.122. The van der Waals surface area contributed by atoms with Gasteiger partial charge in [-0.15, -0.1) is 0 Å². The Hall–Kier alpha value is -1.49. The number of benzene rings is 1. The zero-order valence-electron chi connectivity index (χ0n) is 12.2. The van der Waals surface area contributed by atoms with Gasteiger partial charge in [-0.05, 0) is 43.5 Å². The first-order chi connectivity index (χ1) is 9.38. The number of hydrogen-bond donors (Lipinski definition) is 2. The van der Waals surface area contributed by atoms with Crippen molar-refractivity contribution in [1.82, 2.24) is 10.6 Å². The highest BCUT2D eigenvalue weighted by Crippen LogP contribution is 2.08. The van der Waals surface area contributed by atoms with Crippen molar-refractivity contribution >= 4 is 5.91 Å². The normalized spacial score (nSPS) is 12.5. The smallest absolute Gasteiger partial charge is 0.236 e. The Labute approximate surface area is 118 Å². The van der Waals surface area contributed by atoms with Gasteiger partial charge in [0.2, 0.25) is 5.91 Å². The fraction of sp³-hybridized carbons (Fsp3) is 0.533. The standard InChI is InChI=1S/C15H22F2N2O/c1-10(2)9-19-15(20)11(3)18-5-4-12-6-13(16)8-14(17)7-12/h6-8,10-11,18H,4-5,9H2,1-3H3,(H,19,20). The van der Waals surface area contributed by atoms with Crippen molar-refractivity contribution < 1.29 is 13.6 Å². The molecule has 0 aliphatic carbocycles. The molecule has 1 rings (SSSR count). The first-order valence-corrected chi connectivity index (χ1v) is 6.84. The van der Waals surface area contributed by atoms with Crippen LogP contribution in [0.2, 0.25) is 0 Å². The van der Waals surface area contributed by atoms with E-state index in [4.69, 9.17) is 0 Å². The van der Waals surface area contributed by atoms with Crippen LogP contribution < -0.4 is 10.6 Å². The van der Waals surface area contributed by atoms with E-state index in [2.05, 4.69) is 10.6 Å². The van der Waals surface area contributed by atoms with Crippen molar-refractivity contribution in [3.63, 3.8) is 0 Å². The average Bonchev–Trinajstić information content (AvgIpc) is 2.34. The Kier molecular flexibility index (Phi) is 6.58. The van der Waals surface area contributed by atoms with Crippen LogP contribution in [-0.4, -0.2) is 25.0 Å². The molecule has 1 atom stereocenters. The molecule has 0 bridgehead atoms. The molecule has 0 saturated carbocycles. The number of carbonyl (C=O) groups is 1. The molecule has 0 aliphatic rings. The number of hydrogen-bond acceptors (Lipinski definition) is 2. The molecule has 0 heterocycles. The van der Waals surface area contributed by atoms with E-state index < -0.39 is 11.6 Å². The number of carbonyl (C=O) groups excluding carboxylic acids is 1. The maximum Gasteiger partial charge on any atom is 0.236 e. The zero-order chi connectivity index (χ0) is 15.1. The first kappa shape index (κ1) is 16.6. The van der Waals surface area contributed by atoms with Crippen molar-refractivity contribution in [3.05, 3.63) is 35.4 Å². The van der Waals surface area contributed by atoms with E-state index in [1.807, 2.05) is 13.8 Å². The Morgan fingerprint density at radius 2 is 1.75 bits per heavy atom. The number of amides is 1. The third kappa shape index (κ3) is 6.10. The molecule has 2 N–H and O–H groups in total. The second kappa shape index (κ2) is 7.94. The third-order valence-electron chi connectivity index (χ3n) is 2.86. The van der Waals surface area contributed by atoms with Crippen molar-refractivity contribution in [2.45, 2.75) is 33.2 Å². The van der Waals surface area contributed by atoms with Crippen LogP contribution in [-0.2, 0) is 11.2 Å². The molecular weight excluding hydrogens is 262 g/mol. The van der Waals surface area contributed by atoms with Crippen molar-refractivity contribution in [2.24, 2.45) is 5.92 Å². The SMILES string of the molecule is CC(C)CNC(=O)C(C)NCCc1cc(F)cc(F)c1. The quantitative estimate of drug-likeness (QED) is 0.806. The minimum Gasteiger partial charge on any atom is -0.354 e. The summed E-state index contributed by atoms with van der Waals surface area (Å²) in [6.45, 7) is 6.94. The number of halogens is 2. The first-order valence-electron chi connectivity index (χ1n) is 6.84. The van der Waals surface area contributed by atoms with Gasteiger partial charge in [0, 0.05) is 12.6 Å². The van der Waals surface area contributed by atoms with Crippen LogP contribution in [0.25, 0.3) is 0 Å². The predicted molar refractivity (Wildman–Crippen MR) is 75.4 cm³/mol. The molecule has 0 aliphatic heterocycles. The Morgan fingerprint density at radius 1 is 1.15 bits per heavy atom. The molecule has 20 heavy (non-hydrogen) atoms.